The maximum Gasteiger partial charge on any atom is 0.319 e. The highest BCUT2D eigenvalue weighted by Crippen LogP contribution is 2.15. The minimum absolute atomic E-state index is 0. The highest BCUT2D eigenvalue weighted by molar-refractivity contribution is 5.89. The van der Waals surface area contributed by atoms with Gasteiger partial charge in [0, 0.05) is 24.8 Å². The van der Waals surface area contributed by atoms with E-state index in [-0.39, 0.29) is 36.4 Å². The van der Waals surface area contributed by atoms with Crippen LogP contribution in [0, 0.1) is 0 Å². The Balaban J connectivity index is 0.00000225. The zero-order valence-corrected chi connectivity index (χ0v) is 15.2. The highest BCUT2D eigenvalue weighted by atomic mass is 35.5. The fourth-order valence-corrected chi connectivity index (χ4v) is 3.40. The molecule has 25 heavy (non-hydrogen) atoms. The number of hydrogen-bond donors (Lipinski definition) is 3. The van der Waals surface area contributed by atoms with Crippen LogP contribution in [0.2, 0.25) is 0 Å². The van der Waals surface area contributed by atoms with E-state index in [9.17, 15) is 9.59 Å². The van der Waals surface area contributed by atoms with Crippen molar-refractivity contribution in [2.75, 3.05) is 25.0 Å². The molecule has 0 saturated carbocycles. The van der Waals surface area contributed by atoms with Gasteiger partial charge in [-0.05, 0) is 44.4 Å². The number of amides is 3. The largest absolute Gasteiger partial charge is 0.341 e. The van der Waals surface area contributed by atoms with Crippen LogP contribution in [-0.2, 0) is 4.79 Å². The molecule has 3 rings (SSSR count). The number of hydrogen-bond acceptors (Lipinski definition) is 3. The number of nitrogens with zero attached hydrogens (tertiary/aromatic N) is 1. The molecule has 3 N–H and O–H groups in total. The van der Waals surface area contributed by atoms with Crippen molar-refractivity contribution in [3.63, 3.8) is 0 Å². The van der Waals surface area contributed by atoms with E-state index in [1.54, 1.807) is 0 Å². The molecule has 138 valence electrons. The molecule has 1 aromatic rings. The van der Waals surface area contributed by atoms with Crippen LogP contribution in [0.5, 0.6) is 0 Å². The molecule has 2 saturated heterocycles. The van der Waals surface area contributed by atoms with Crippen LogP contribution in [0.25, 0.3) is 0 Å². The van der Waals surface area contributed by atoms with Gasteiger partial charge in [0.1, 0.15) is 0 Å². The summed E-state index contributed by atoms with van der Waals surface area (Å²) in [6, 6.07) is 9.34. The lowest BCUT2D eigenvalue weighted by Gasteiger charge is -2.35. The molecule has 0 aromatic heterocycles. The predicted octanol–water partition coefficient (Wildman–Crippen LogP) is 2.36. The number of carbonyl (C=O) groups excluding carboxylic acids is 2. The van der Waals surface area contributed by atoms with Crippen molar-refractivity contribution in [2.24, 2.45) is 0 Å². The Morgan fingerprint density at radius 1 is 1.04 bits per heavy atom. The van der Waals surface area contributed by atoms with Gasteiger partial charge in [0.25, 0.3) is 0 Å². The van der Waals surface area contributed by atoms with Gasteiger partial charge in [0.2, 0.25) is 5.91 Å². The van der Waals surface area contributed by atoms with Crippen LogP contribution < -0.4 is 16.0 Å². The summed E-state index contributed by atoms with van der Waals surface area (Å²) in [5.41, 5.74) is 0.783. The Hall–Kier alpha value is -1.79. The first-order chi connectivity index (χ1) is 11.7. The van der Waals surface area contributed by atoms with E-state index >= 15 is 0 Å². The third kappa shape index (κ3) is 5.61. The lowest BCUT2D eigenvalue weighted by molar-refractivity contribution is -0.135. The van der Waals surface area contributed by atoms with Gasteiger partial charge in [-0.3, -0.25) is 4.79 Å². The van der Waals surface area contributed by atoms with Crippen molar-refractivity contribution in [3.05, 3.63) is 30.3 Å². The lowest BCUT2D eigenvalue weighted by Crippen LogP contribution is -2.53. The Morgan fingerprint density at radius 3 is 2.40 bits per heavy atom. The number of nitrogens with one attached hydrogen (secondary N) is 3. The zero-order valence-electron chi connectivity index (χ0n) is 14.4. The van der Waals surface area contributed by atoms with E-state index in [2.05, 4.69) is 16.0 Å². The zero-order chi connectivity index (χ0) is 16.8. The van der Waals surface area contributed by atoms with Crippen molar-refractivity contribution in [3.8, 4) is 0 Å². The monoisotopic (exact) mass is 366 g/mol. The number of anilines is 1. The van der Waals surface area contributed by atoms with Crippen LogP contribution in [0.1, 0.15) is 32.1 Å². The quantitative estimate of drug-likeness (QED) is 0.768. The fourth-order valence-electron chi connectivity index (χ4n) is 3.40. The average molecular weight is 367 g/mol. The summed E-state index contributed by atoms with van der Waals surface area (Å²) in [6.45, 7) is 2.37. The van der Waals surface area contributed by atoms with Crippen molar-refractivity contribution < 1.29 is 9.59 Å². The molecule has 2 fully saturated rings. The maximum atomic E-state index is 12.5. The summed E-state index contributed by atoms with van der Waals surface area (Å²) in [7, 11) is 0. The minimum atomic E-state index is -0.181. The number of carbonyl (C=O) groups is 2. The van der Waals surface area contributed by atoms with Crippen LogP contribution in [-0.4, -0.2) is 48.6 Å². The van der Waals surface area contributed by atoms with Gasteiger partial charge in [-0.15, -0.1) is 12.4 Å². The molecule has 1 aromatic carbocycles. The first-order valence-corrected chi connectivity index (χ1v) is 8.87. The summed E-state index contributed by atoms with van der Waals surface area (Å²) in [6.07, 6.45) is 4.84. The smallest absolute Gasteiger partial charge is 0.319 e. The van der Waals surface area contributed by atoms with Gasteiger partial charge in [-0.1, -0.05) is 24.6 Å². The summed E-state index contributed by atoms with van der Waals surface area (Å²) in [5, 5.41) is 9.15. The lowest BCUT2D eigenvalue weighted by atomic mass is 10.0. The van der Waals surface area contributed by atoms with E-state index in [4.69, 9.17) is 0 Å². The Kier molecular flexibility index (Phi) is 7.52. The Morgan fingerprint density at radius 2 is 1.76 bits per heavy atom. The van der Waals surface area contributed by atoms with Crippen LogP contribution >= 0.6 is 12.4 Å². The second-order valence-electron chi connectivity index (χ2n) is 6.57. The van der Waals surface area contributed by atoms with Gasteiger partial charge in [0.05, 0.1) is 6.04 Å². The van der Waals surface area contributed by atoms with E-state index in [1.807, 2.05) is 35.2 Å². The van der Waals surface area contributed by atoms with Gasteiger partial charge in [-0.2, -0.15) is 0 Å². The fraction of sp³-hybridized carbons (Fsp3) is 0.556. The second-order valence-corrected chi connectivity index (χ2v) is 6.57. The number of urea groups is 1. The minimum Gasteiger partial charge on any atom is -0.341 e. The topological polar surface area (TPSA) is 73.5 Å². The van der Waals surface area contributed by atoms with Crippen LogP contribution in [0.4, 0.5) is 10.5 Å². The van der Waals surface area contributed by atoms with Crippen molar-refractivity contribution in [1.29, 1.82) is 0 Å². The molecule has 1 unspecified atom stereocenters. The first-order valence-electron chi connectivity index (χ1n) is 8.87. The SMILES string of the molecule is Cl.O=C(Nc1ccccc1)NC1CCN(C(=O)C2CCCCN2)CC1. The van der Waals surface area contributed by atoms with Crippen molar-refractivity contribution >= 4 is 30.0 Å². The van der Waals surface area contributed by atoms with Crippen LogP contribution in [0.15, 0.2) is 30.3 Å². The van der Waals surface area contributed by atoms with Gasteiger partial charge < -0.3 is 20.9 Å². The van der Waals surface area contributed by atoms with E-state index in [0.29, 0.717) is 13.1 Å². The molecule has 6 nitrogen and oxygen atoms in total. The normalized spacial score (nSPS) is 21.1. The standard InChI is InChI=1S/C18H26N4O2.ClH/c23-17(16-8-4-5-11-19-16)22-12-9-15(10-13-22)21-18(24)20-14-6-2-1-3-7-14;/h1-3,6-7,15-16,19H,4-5,8-13H2,(H2,20,21,24);1H. The molecule has 0 aliphatic carbocycles. The first kappa shape index (κ1) is 19.5. The predicted molar refractivity (Wildman–Crippen MR) is 101 cm³/mol. The van der Waals surface area contributed by atoms with Crippen LogP contribution in [0.3, 0.4) is 0 Å². The molecule has 2 aliphatic heterocycles. The van der Waals surface area contributed by atoms with E-state index < -0.39 is 0 Å². The number of para-hydroxylation sites is 1. The molecule has 3 amide bonds. The summed E-state index contributed by atoms with van der Waals surface area (Å²) >= 11 is 0. The highest BCUT2D eigenvalue weighted by Gasteiger charge is 2.29. The Labute approximate surface area is 155 Å². The summed E-state index contributed by atoms with van der Waals surface area (Å²) in [5.74, 6) is 0.224. The van der Waals surface area contributed by atoms with E-state index in [0.717, 1.165) is 44.3 Å². The number of halogens is 1. The van der Waals surface area contributed by atoms with Crippen molar-refractivity contribution in [2.45, 2.75) is 44.2 Å². The van der Waals surface area contributed by atoms with Gasteiger partial charge >= 0.3 is 6.03 Å². The third-order valence-electron chi connectivity index (χ3n) is 4.78. The number of benzene rings is 1. The Bertz CT molecular complexity index is 555. The molecule has 7 heteroatoms. The van der Waals surface area contributed by atoms with E-state index in [1.165, 1.54) is 0 Å². The summed E-state index contributed by atoms with van der Waals surface area (Å²) < 4.78 is 0. The maximum absolute atomic E-state index is 12.5. The molecule has 2 heterocycles. The molecular formula is C18H27ClN4O2. The second kappa shape index (κ2) is 9.63. The number of likely N-dealkylation sites (tertiary alicyclic amines) is 1. The van der Waals surface area contributed by atoms with Crippen molar-refractivity contribution in [1.82, 2.24) is 15.5 Å². The number of piperidine rings is 2. The molecule has 2 aliphatic rings. The molecular weight excluding hydrogens is 340 g/mol. The molecule has 0 spiro atoms. The average Bonchev–Trinajstić information content (AvgIpc) is 2.63. The number of rotatable bonds is 3. The molecule has 0 bridgehead atoms. The third-order valence-corrected chi connectivity index (χ3v) is 4.78. The van der Waals surface area contributed by atoms with Gasteiger partial charge in [-0.25, -0.2) is 4.79 Å². The molecule has 0 radical (unpaired) electrons. The molecule has 1 atom stereocenters. The van der Waals surface area contributed by atoms with Gasteiger partial charge in [0.15, 0.2) is 0 Å². The summed E-state index contributed by atoms with van der Waals surface area (Å²) in [4.78, 5) is 26.5.